The normalized spacial score (nSPS) is 13.1. The lowest BCUT2D eigenvalue weighted by atomic mass is 10.1. The summed E-state index contributed by atoms with van der Waals surface area (Å²) in [6.07, 6.45) is 3.74. The summed E-state index contributed by atoms with van der Waals surface area (Å²) in [4.78, 5) is 0.147. The van der Waals surface area contributed by atoms with Crippen LogP contribution in [0.2, 0.25) is 0 Å². The first kappa shape index (κ1) is 15.7. The van der Waals surface area contributed by atoms with E-state index in [2.05, 4.69) is 18.8 Å². The summed E-state index contributed by atoms with van der Waals surface area (Å²) in [5.74, 6) is 0. The number of nitrogens with one attached hydrogen (secondary N) is 1. The zero-order chi connectivity index (χ0) is 14.6. The number of sulfonamides is 1. The molecule has 0 saturated carbocycles. The summed E-state index contributed by atoms with van der Waals surface area (Å²) in [6, 6.07) is 3.44. The molecule has 0 saturated heterocycles. The van der Waals surface area contributed by atoms with Crippen LogP contribution in [0.25, 0.3) is 0 Å². The maximum atomic E-state index is 11.4. The highest BCUT2D eigenvalue weighted by atomic mass is 32.2. The lowest BCUT2D eigenvalue weighted by Crippen LogP contribution is -2.18. The molecule has 0 aliphatic rings. The van der Waals surface area contributed by atoms with Crippen molar-refractivity contribution < 1.29 is 8.42 Å². The first-order valence-corrected chi connectivity index (χ1v) is 7.81. The topological polar surface area (TPSA) is 72.2 Å². The van der Waals surface area contributed by atoms with Crippen LogP contribution >= 0.6 is 0 Å². The molecule has 1 atom stereocenters. The minimum atomic E-state index is -3.67. The van der Waals surface area contributed by atoms with Gasteiger partial charge in [-0.3, -0.25) is 0 Å². The number of anilines is 1. The molecule has 0 aliphatic carbocycles. The fourth-order valence-corrected chi connectivity index (χ4v) is 2.47. The van der Waals surface area contributed by atoms with E-state index < -0.39 is 10.0 Å². The fraction of sp³-hybridized carbons (Fsp3) is 0.429. The minimum Gasteiger partial charge on any atom is -0.382 e. The van der Waals surface area contributed by atoms with Gasteiger partial charge in [0, 0.05) is 11.7 Å². The monoisotopic (exact) mass is 282 g/mol. The van der Waals surface area contributed by atoms with Crippen LogP contribution in [0.5, 0.6) is 0 Å². The van der Waals surface area contributed by atoms with Crippen LogP contribution in [-0.4, -0.2) is 14.5 Å². The van der Waals surface area contributed by atoms with Crippen LogP contribution in [-0.2, 0) is 10.0 Å². The molecule has 3 N–H and O–H groups in total. The van der Waals surface area contributed by atoms with Gasteiger partial charge in [-0.05, 0) is 56.9 Å². The molecule has 106 valence electrons. The first-order chi connectivity index (χ1) is 8.75. The van der Waals surface area contributed by atoms with Crippen molar-refractivity contribution in [3.63, 3.8) is 0 Å². The van der Waals surface area contributed by atoms with Crippen molar-refractivity contribution >= 4 is 15.7 Å². The Morgan fingerprint density at radius 2 is 2.05 bits per heavy atom. The summed E-state index contributed by atoms with van der Waals surface area (Å²) < 4.78 is 22.9. The number of allylic oxidation sites excluding steroid dienone is 1. The summed E-state index contributed by atoms with van der Waals surface area (Å²) in [5, 5.41) is 8.52. The average molecular weight is 282 g/mol. The number of benzene rings is 1. The second-order valence-corrected chi connectivity index (χ2v) is 6.43. The second kappa shape index (κ2) is 6.21. The predicted octanol–water partition coefficient (Wildman–Crippen LogP) is 2.72. The summed E-state index contributed by atoms with van der Waals surface area (Å²) >= 11 is 0. The number of rotatable bonds is 6. The molecule has 0 aromatic heterocycles. The quantitative estimate of drug-likeness (QED) is 0.788. The Bertz CT molecular complexity index is 565. The highest BCUT2D eigenvalue weighted by molar-refractivity contribution is 7.89. The number of nitrogens with two attached hydrogens (primary N) is 1. The third kappa shape index (κ3) is 4.36. The Morgan fingerprint density at radius 1 is 1.42 bits per heavy atom. The van der Waals surface area contributed by atoms with Gasteiger partial charge in [-0.25, -0.2) is 13.6 Å². The third-order valence-corrected chi connectivity index (χ3v) is 4.07. The van der Waals surface area contributed by atoms with Gasteiger partial charge in [0.1, 0.15) is 0 Å². The molecule has 4 nitrogen and oxygen atoms in total. The van der Waals surface area contributed by atoms with E-state index in [0.29, 0.717) is 0 Å². The van der Waals surface area contributed by atoms with Gasteiger partial charge in [-0.15, -0.1) is 6.58 Å². The number of hydrogen-bond donors (Lipinski definition) is 2. The summed E-state index contributed by atoms with van der Waals surface area (Å²) in [5.41, 5.74) is 2.77. The molecule has 0 aliphatic heterocycles. The Morgan fingerprint density at radius 3 is 2.58 bits per heavy atom. The smallest absolute Gasteiger partial charge is 0.238 e. The van der Waals surface area contributed by atoms with Gasteiger partial charge in [0.05, 0.1) is 4.90 Å². The molecule has 19 heavy (non-hydrogen) atoms. The van der Waals surface area contributed by atoms with Gasteiger partial charge < -0.3 is 5.32 Å². The van der Waals surface area contributed by atoms with Crippen molar-refractivity contribution in [3.8, 4) is 0 Å². The summed E-state index contributed by atoms with van der Waals surface area (Å²) in [7, 11) is -3.67. The van der Waals surface area contributed by atoms with E-state index in [0.717, 1.165) is 29.7 Å². The highest BCUT2D eigenvalue weighted by Gasteiger charge is 2.13. The molecule has 0 radical (unpaired) electrons. The lowest BCUT2D eigenvalue weighted by Gasteiger charge is -2.18. The second-order valence-electron chi connectivity index (χ2n) is 4.87. The average Bonchev–Trinajstić information content (AvgIpc) is 2.30. The molecule has 0 heterocycles. The number of primary sulfonamides is 1. The molecule has 1 unspecified atom stereocenters. The maximum Gasteiger partial charge on any atom is 0.238 e. The minimum absolute atomic E-state index is 0.147. The Labute approximate surface area is 115 Å². The molecule has 5 heteroatoms. The van der Waals surface area contributed by atoms with Crippen LogP contribution in [0.4, 0.5) is 5.69 Å². The SMILES string of the molecule is C=CCCC(C)Nc1cc(S(N)(=O)=O)cc(C)c1C. The fourth-order valence-electron chi connectivity index (χ4n) is 1.85. The highest BCUT2D eigenvalue weighted by Crippen LogP contribution is 2.24. The van der Waals surface area contributed by atoms with E-state index in [4.69, 9.17) is 5.14 Å². The van der Waals surface area contributed by atoms with Crippen molar-refractivity contribution in [2.24, 2.45) is 5.14 Å². The molecule has 1 aromatic rings. The maximum absolute atomic E-state index is 11.4. The zero-order valence-corrected chi connectivity index (χ0v) is 12.5. The van der Waals surface area contributed by atoms with Crippen molar-refractivity contribution in [3.05, 3.63) is 35.9 Å². The standard InChI is InChI=1S/C14H22N2O2S/c1-5-6-7-11(3)16-14-9-13(19(15,17)18)8-10(2)12(14)4/h5,8-9,11,16H,1,6-7H2,2-4H3,(H2,15,17,18). The molecule has 0 fully saturated rings. The van der Waals surface area contributed by atoms with Crippen molar-refractivity contribution in [1.29, 1.82) is 0 Å². The Kier molecular flexibility index (Phi) is 5.14. The molecule has 0 amide bonds. The molecular formula is C14H22N2O2S. The van der Waals surface area contributed by atoms with Crippen LogP contribution in [0.15, 0.2) is 29.7 Å². The van der Waals surface area contributed by atoms with E-state index in [1.165, 1.54) is 0 Å². The Balaban J connectivity index is 3.06. The van der Waals surface area contributed by atoms with Gasteiger partial charge in [-0.2, -0.15) is 0 Å². The van der Waals surface area contributed by atoms with Gasteiger partial charge >= 0.3 is 0 Å². The van der Waals surface area contributed by atoms with Crippen molar-refractivity contribution in [2.75, 3.05) is 5.32 Å². The van der Waals surface area contributed by atoms with Crippen LogP contribution in [0, 0.1) is 13.8 Å². The van der Waals surface area contributed by atoms with Crippen molar-refractivity contribution in [1.82, 2.24) is 0 Å². The number of aryl methyl sites for hydroxylation is 1. The van der Waals surface area contributed by atoms with E-state index in [-0.39, 0.29) is 10.9 Å². The molecule has 0 spiro atoms. The van der Waals surface area contributed by atoms with Gasteiger partial charge in [0.25, 0.3) is 0 Å². The van der Waals surface area contributed by atoms with E-state index >= 15 is 0 Å². The molecule has 1 aromatic carbocycles. The van der Waals surface area contributed by atoms with Gasteiger partial charge in [-0.1, -0.05) is 6.08 Å². The molecule has 0 bridgehead atoms. The molecule has 1 rings (SSSR count). The van der Waals surface area contributed by atoms with Crippen LogP contribution in [0.1, 0.15) is 30.9 Å². The van der Waals surface area contributed by atoms with Crippen molar-refractivity contribution in [2.45, 2.75) is 44.6 Å². The zero-order valence-electron chi connectivity index (χ0n) is 11.7. The van der Waals surface area contributed by atoms with E-state index in [1.807, 2.05) is 19.9 Å². The van der Waals surface area contributed by atoms with Gasteiger partial charge in [0.2, 0.25) is 10.0 Å². The lowest BCUT2D eigenvalue weighted by molar-refractivity contribution is 0.597. The number of hydrogen-bond acceptors (Lipinski definition) is 3. The third-order valence-electron chi connectivity index (χ3n) is 3.18. The first-order valence-electron chi connectivity index (χ1n) is 6.27. The largest absolute Gasteiger partial charge is 0.382 e. The van der Waals surface area contributed by atoms with Crippen LogP contribution in [0.3, 0.4) is 0 Å². The molecular weight excluding hydrogens is 260 g/mol. The summed E-state index contributed by atoms with van der Waals surface area (Å²) in [6.45, 7) is 9.59. The van der Waals surface area contributed by atoms with Crippen LogP contribution < -0.4 is 10.5 Å². The Hall–Kier alpha value is -1.33. The van der Waals surface area contributed by atoms with E-state index in [1.54, 1.807) is 12.1 Å². The van der Waals surface area contributed by atoms with E-state index in [9.17, 15) is 8.42 Å². The van der Waals surface area contributed by atoms with Gasteiger partial charge in [0.15, 0.2) is 0 Å². The predicted molar refractivity (Wildman–Crippen MR) is 79.8 cm³/mol.